The van der Waals surface area contributed by atoms with Crippen LogP contribution in [0.1, 0.15) is 13.8 Å². The Balaban J connectivity index is 2.76. The average molecular weight is 341 g/mol. The number of sulfonamides is 1. The molecule has 1 unspecified atom stereocenters. The maximum Gasteiger partial charge on any atom is 0.240 e. The predicted octanol–water partition coefficient (Wildman–Crippen LogP) is 3.04. The highest BCUT2D eigenvalue weighted by Gasteiger charge is 2.17. The van der Waals surface area contributed by atoms with E-state index in [0.29, 0.717) is 17.5 Å². The van der Waals surface area contributed by atoms with E-state index in [1.54, 1.807) is 12.1 Å². The molecule has 0 heterocycles. The number of alkyl halides is 1. The molecule has 1 rings (SSSR count). The van der Waals surface area contributed by atoms with Crippen LogP contribution < -0.4 is 4.72 Å². The predicted molar refractivity (Wildman–Crippen MR) is 74.2 cm³/mol. The van der Waals surface area contributed by atoms with Gasteiger partial charge in [0.05, 0.1) is 4.90 Å². The van der Waals surface area contributed by atoms with Crippen molar-refractivity contribution in [3.05, 3.63) is 29.3 Å². The van der Waals surface area contributed by atoms with Gasteiger partial charge in [0, 0.05) is 16.4 Å². The van der Waals surface area contributed by atoms with Gasteiger partial charge in [-0.15, -0.1) is 0 Å². The summed E-state index contributed by atoms with van der Waals surface area (Å²) >= 11 is 9.19. The highest BCUT2D eigenvalue weighted by atomic mass is 79.9. The standard InChI is InChI=1S/C11H15BrClNO2S/c1-8(2)11(12)7-14-17(15,16)10-5-3-4-9(13)6-10/h3-6,8,11,14H,7H2,1-2H3. The van der Waals surface area contributed by atoms with Crippen molar-refractivity contribution in [3.63, 3.8) is 0 Å². The van der Waals surface area contributed by atoms with Crippen molar-refractivity contribution in [3.8, 4) is 0 Å². The summed E-state index contributed by atoms with van der Waals surface area (Å²) < 4.78 is 26.4. The molecule has 0 saturated carbocycles. The lowest BCUT2D eigenvalue weighted by Gasteiger charge is -2.14. The molecule has 0 aliphatic rings. The zero-order valence-electron chi connectivity index (χ0n) is 9.65. The van der Waals surface area contributed by atoms with E-state index in [4.69, 9.17) is 11.6 Å². The molecule has 0 spiro atoms. The van der Waals surface area contributed by atoms with E-state index < -0.39 is 10.0 Å². The maximum absolute atomic E-state index is 11.9. The Bertz CT molecular complexity index is 476. The van der Waals surface area contributed by atoms with Gasteiger partial charge in [-0.3, -0.25) is 0 Å². The van der Waals surface area contributed by atoms with E-state index >= 15 is 0 Å². The van der Waals surface area contributed by atoms with E-state index in [1.807, 2.05) is 13.8 Å². The Morgan fingerprint density at radius 1 is 1.41 bits per heavy atom. The third kappa shape index (κ3) is 4.58. The third-order valence-electron chi connectivity index (χ3n) is 2.30. The van der Waals surface area contributed by atoms with Crippen LogP contribution in [0.3, 0.4) is 0 Å². The van der Waals surface area contributed by atoms with Crippen molar-refractivity contribution in [2.24, 2.45) is 5.92 Å². The fourth-order valence-electron chi connectivity index (χ4n) is 1.14. The van der Waals surface area contributed by atoms with Crippen LogP contribution in [-0.2, 0) is 10.0 Å². The first-order valence-electron chi connectivity index (χ1n) is 5.22. The third-order valence-corrected chi connectivity index (χ3v) is 5.34. The molecule has 0 fully saturated rings. The van der Waals surface area contributed by atoms with Crippen LogP contribution in [0.15, 0.2) is 29.2 Å². The second kappa shape index (κ2) is 6.18. The molecule has 0 amide bonds. The van der Waals surface area contributed by atoms with Crippen molar-refractivity contribution in [2.45, 2.75) is 23.6 Å². The SMILES string of the molecule is CC(C)C(Br)CNS(=O)(=O)c1cccc(Cl)c1. The van der Waals surface area contributed by atoms with Gasteiger partial charge in [-0.1, -0.05) is 47.4 Å². The highest BCUT2D eigenvalue weighted by molar-refractivity contribution is 9.09. The van der Waals surface area contributed by atoms with Crippen LogP contribution >= 0.6 is 27.5 Å². The van der Waals surface area contributed by atoms with E-state index in [-0.39, 0.29) is 9.72 Å². The smallest absolute Gasteiger partial charge is 0.210 e. The van der Waals surface area contributed by atoms with Crippen LogP contribution in [-0.4, -0.2) is 19.8 Å². The minimum atomic E-state index is -3.48. The average Bonchev–Trinajstić information content (AvgIpc) is 2.26. The Kier molecular flexibility index (Phi) is 5.44. The number of benzene rings is 1. The number of rotatable bonds is 5. The monoisotopic (exact) mass is 339 g/mol. The van der Waals surface area contributed by atoms with E-state index in [0.717, 1.165) is 0 Å². The number of hydrogen-bond acceptors (Lipinski definition) is 2. The number of hydrogen-bond donors (Lipinski definition) is 1. The van der Waals surface area contributed by atoms with E-state index in [9.17, 15) is 8.42 Å². The van der Waals surface area contributed by atoms with Crippen molar-refractivity contribution in [2.75, 3.05) is 6.54 Å². The first-order valence-corrected chi connectivity index (χ1v) is 8.00. The molecule has 17 heavy (non-hydrogen) atoms. The van der Waals surface area contributed by atoms with Gasteiger partial charge in [0.15, 0.2) is 0 Å². The molecule has 1 aromatic carbocycles. The van der Waals surface area contributed by atoms with Crippen molar-refractivity contribution in [1.82, 2.24) is 4.72 Å². The van der Waals surface area contributed by atoms with Gasteiger partial charge in [0.2, 0.25) is 10.0 Å². The molecular formula is C11H15BrClNO2S. The highest BCUT2D eigenvalue weighted by Crippen LogP contribution is 2.16. The molecule has 6 heteroatoms. The molecule has 1 atom stereocenters. The minimum Gasteiger partial charge on any atom is -0.210 e. The maximum atomic E-state index is 11.9. The molecular weight excluding hydrogens is 326 g/mol. The summed E-state index contributed by atoms with van der Waals surface area (Å²) in [6, 6.07) is 6.21. The normalized spacial score (nSPS) is 13.9. The van der Waals surface area contributed by atoms with Crippen LogP contribution in [0.4, 0.5) is 0 Å². The lowest BCUT2D eigenvalue weighted by molar-refractivity contribution is 0.563. The second-order valence-electron chi connectivity index (χ2n) is 4.07. The van der Waals surface area contributed by atoms with Crippen LogP contribution in [0, 0.1) is 5.92 Å². The summed E-state index contributed by atoms with van der Waals surface area (Å²) in [4.78, 5) is 0.296. The summed E-state index contributed by atoms with van der Waals surface area (Å²) in [5.74, 6) is 0.358. The molecule has 0 aliphatic heterocycles. The van der Waals surface area contributed by atoms with Crippen LogP contribution in [0.2, 0.25) is 5.02 Å². The summed E-state index contributed by atoms with van der Waals surface area (Å²) in [5.41, 5.74) is 0. The first-order chi connectivity index (χ1) is 7.83. The minimum absolute atomic E-state index is 0.108. The van der Waals surface area contributed by atoms with E-state index in [1.165, 1.54) is 12.1 Å². The molecule has 0 aromatic heterocycles. The van der Waals surface area contributed by atoms with Gasteiger partial charge >= 0.3 is 0 Å². The van der Waals surface area contributed by atoms with Gasteiger partial charge in [0.25, 0.3) is 0 Å². The van der Waals surface area contributed by atoms with Crippen molar-refractivity contribution in [1.29, 1.82) is 0 Å². The summed E-state index contributed by atoms with van der Waals surface area (Å²) in [6.45, 7) is 4.40. The second-order valence-corrected chi connectivity index (χ2v) is 7.45. The van der Waals surface area contributed by atoms with Crippen LogP contribution in [0.25, 0.3) is 0 Å². The first kappa shape index (κ1) is 15.0. The molecule has 0 bridgehead atoms. The zero-order valence-corrected chi connectivity index (χ0v) is 12.8. The fraction of sp³-hybridized carbons (Fsp3) is 0.455. The lowest BCUT2D eigenvalue weighted by atomic mass is 10.1. The molecule has 0 aliphatic carbocycles. The Morgan fingerprint density at radius 2 is 2.06 bits per heavy atom. The number of nitrogens with one attached hydrogen (secondary N) is 1. The summed E-state index contributed by atoms with van der Waals surface area (Å²) in [5, 5.41) is 0.409. The van der Waals surface area contributed by atoms with Gasteiger partial charge in [-0.05, 0) is 24.1 Å². The molecule has 3 nitrogen and oxygen atoms in total. The molecule has 0 radical (unpaired) electrons. The molecule has 96 valence electrons. The lowest BCUT2D eigenvalue weighted by Crippen LogP contribution is -2.31. The summed E-state index contributed by atoms with van der Waals surface area (Å²) in [7, 11) is -3.48. The van der Waals surface area contributed by atoms with Gasteiger partial charge in [0.1, 0.15) is 0 Å². The Morgan fingerprint density at radius 3 is 2.59 bits per heavy atom. The van der Waals surface area contributed by atoms with Crippen LogP contribution in [0.5, 0.6) is 0 Å². The number of halogens is 2. The van der Waals surface area contributed by atoms with Gasteiger partial charge in [-0.25, -0.2) is 13.1 Å². The molecule has 1 aromatic rings. The van der Waals surface area contributed by atoms with Gasteiger partial charge in [-0.2, -0.15) is 0 Å². The largest absolute Gasteiger partial charge is 0.240 e. The van der Waals surface area contributed by atoms with Gasteiger partial charge < -0.3 is 0 Å². The van der Waals surface area contributed by atoms with Crippen molar-refractivity contribution < 1.29 is 8.42 Å². The molecule has 0 saturated heterocycles. The Labute approximate surface area is 116 Å². The van der Waals surface area contributed by atoms with E-state index in [2.05, 4.69) is 20.7 Å². The topological polar surface area (TPSA) is 46.2 Å². The molecule has 1 N–H and O–H groups in total. The fourth-order valence-corrected chi connectivity index (χ4v) is 2.88. The summed E-state index contributed by atoms with van der Waals surface area (Å²) in [6.07, 6.45) is 0. The Hall–Kier alpha value is -0.100. The zero-order chi connectivity index (χ0) is 13.1. The quantitative estimate of drug-likeness (QED) is 0.837. The van der Waals surface area contributed by atoms with Crippen molar-refractivity contribution >= 4 is 37.6 Å².